The summed E-state index contributed by atoms with van der Waals surface area (Å²) in [4.78, 5) is 12.1. The average Bonchev–Trinajstić information content (AvgIpc) is 2.47. The highest BCUT2D eigenvalue weighted by atomic mass is 16.1. The number of amides is 1. The summed E-state index contributed by atoms with van der Waals surface area (Å²) in [5.74, 6) is 1.43. The van der Waals surface area contributed by atoms with Gasteiger partial charge in [0.25, 0.3) is 5.91 Å². The van der Waals surface area contributed by atoms with Crippen LogP contribution in [0.25, 0.3) is 0 Å². The van der Waals surface area contributed by atoms with Gasteiger partial charge in [-0.3, -0.25) is 4.79 Å². The highest BCUT2D eigenvalue weighted by Crippen LogP contribution is 2.28. The molecule has 0 saturated heterocycles. The van der Waals surface area contributed by atoms with Crippen LogP contribution in [-0.4, -0.2) is 19.0 Å². The molecule has 1 amide bonds. The first-order chi connectivity index (χ1) is 9.70. The van der Waals surface area contributed by atoms with Gasteiger partial charge in [-0.1, -0.05) is 26.2 Å². The lowest BCUT2D eigenvalue weighted by molar-refractivity contribution is 0.0936. The number of benzene rings is 1. The van der Waals surface area contributed by atoms with Gasteiger partial charge in [0, 0.05) is 24.3 Å². The zero-order valence-corrected chi connectivity index (χ0v) is 12.6. The lowest BCUT2D eigenvalue weighted by atomic mass is 9.80. The lowest BCUT2D eigenvalue weighted by Crippen LogP contribution is -2.33. The molecule has 0 spiro atoms. The van der Waals surface area contributed by atoms with E-state index < -0.39 is 0 Å². The maximum Gasteiger partial charge on any atom is 0.251 e. The van der Waals surface area contributed by atoms with Gasteiger partial charge < -0.3 is 10.6 Å². The van der Waals surface area contributed by atoms with Crippen molar-refractivity contribution in [3.8, 4) is 0 Å². The Bertz CT molecular complexity index is 427. The van der Waals surface area contributed by atoms with Crippen LogP contribution < -0.4 is 10.6 Å². The van der Waals surface area contributed by atoms with Crippen molar-refractivity contribution in [3.05, 3.63) is 29.8 Å². The summed E-state index contributed by atoms with van der Waals surface area (Å²) in [6.07, 6.45) is 5.21. The molecule has 0 aromatic heterocycles. The Morgan fingerprint density at radius 3 is 2.55 bits per heavy atom. The van der Waals surface area contributed by atoms with Crippen molar-refractivity contribution in [2.75, 3.05) is 18.4 Å². The fourth-order valence-electron chi connectivity index (χ4n) is 2.97. The van der Waals surface area contributed by atoms with Gasteiger partial charge >= 0.3 is 0 Å². The Morgan fingerprint density at radius 1 is 1.20 bits per heavy atom. The van der Waals surface area contributed by atoms with E-state index in [0.29, 0.717) is 5.92 Å². The number of carbonyl (C=O) groups is 1. The molecule has 2 rings (SSSR count). The predicted octanol–water partition coefficient (Wildman–Crippen LogP) is 3.67. The molecule has 2 N–H and O–H groups in total. The first-order valence-corrected chi connectivity index (χ1v) is 7.83. The molecular weight excluding hydrogens is 248 g/mol. The Kier molecular flexibility index (Phi) is 5.45. The van der Waals surface area contributed by atoms with Crippen LogP contribution in [0.3, 0.4) is 0 Å². The molecular formula is C17H26N2O. The fourth-order valence-corrected chi connectivity index (χ4v) is 2.97. The van der Waals surface area contributed by atoms with Crippen molar-refractivity contribution in [3.63, 3.8) is 0 Å². The highest BCUT2D eigenvalue weighted by Gasteiger charge is 2.21. The minimum Gasteiger partial charge on any atom is -0.385 e. The van der Waals surface area contributed by atoms with Gasteiger partial charge in [-0.25, -0.2) is 0 Å². The van der Waals surface area contributed by atoms with Crippen LogP contribution >= 0.6 is 0 Å². The molecule has 1 saturated carbocycles. The zero-order chi connectivity index (χ0) is 14.4. The van der Waals surface area contributed by atoms with Gasteiger partial charge in [-0.15, -0.1) is 0 Å². The summed E-state index contributed by atoms with van der Waals surface area (Å²) in [5.41, 5.74) is 1.81. The Balaban J connectivity index is 1.84. The van der Waals surface area contributed by atoms with E-state index in [1.54, 1.807) is 0 Å². The van der Waals surface area contributed by atoms with Crippen LogP contribution in [-0.2, 0) is 0 Å². The molecule has 3 nitrogen and oxygen atoms in total. The molecule has 0 aliphatic heterocycles. The van der Waals surface area contributed by atoms with Gasteiger partial charge in [0.05, 0.1) is 0 Å². The minimum absolute atomic E-state index is 0.0471. The number of hydrogen-bond donors (Lipinski definition) is 2. The van der Waals surface area contributed by atoms with Crippen molar-refractivity contribution < 1.29 is 4.79 Å². The van der Waals surface area contributed by atoms with Crippen molar-refractivity contribution in [1.29, 1.82) is 0 Å². The van der Waals surface area contributed by atoms with E-state index in [9.17, 15) is 4.79 Å². The van der Waals surface area contributed by atoms with Crippen LogP contribution in [0.5, 0.6) is 0 Å². The van der Waals surface area contributed by atoms with E-state index in [1.807, 2.05) is 24.3 Å². The third-order valence-corrected chi connectivity index (χ3v) is 4.34. The van der Waals surface area contributed by atoms with Gasteiger partial charge in [0.15, 0.2) is 0 Å². The molecule has 20 heavy (non-hydrogen) atoms. The first-order valence-electron chi connectivity index (χ1n) is 7.83. The SMILES string of the molecule is CCNc1ccc(C(=O)NCC2CCCCC2C)cc1. The van der Waals surface area contributed by atoms with Crippen molar-refractivity contribution in [2.45, 2.75) is 39.5 Å². The second-order valence-electron chi connectivity index (χ2n) is 5.84. The summed E-state index contributed by atoms with van der Waals surface area (Å²) >= 11 is 0. The maximum atomic E-state index is 12.1. The molecule has 2 unspecified atom stereocenters. The maximum absolute atomic E-state index is 12.1. The second-order valence-corrected chi connectivity index (χ2v) is 5.84. The minimum atomic E-state index is 0.0471. The topological polar surface area (TPSA) is 41.1 Å². The quantitative estimate of drug-likeness (QED) is 0.860. The van der Waals surface area contributed by atoms with E-state index in [4.69, 9.17) is 0 Å². The molecule has 0 radical (unpaired) electrons. The number of carbonyl (C=O) groups excluding carboxylic acids is 1. The monoisotopic (exact) mass is 274 g/mol. The second kappa shape index (κ2) is 7.32. The third kappa shape index (κ3) is 3.99. The van der Waals surface area contributed by atoms with Crippen LogP contribution in [0, 0.1) is 11.8 Å². The number of rotatable bonds is 5. The van der Waals surface area contributed by atoms with E-state index >= 15 is 0 Å². The normalized spacial score (nSPS) is 22.3. The number of nitrogens with one attached hydrogen (secondary N) is 2. The van der Waals surface area contributed by atoms with E-state index in [-0.39, 0.29) is 5.91 Å². The van der Waals surface area contributed by atoms with E-state index in [2.05, 4.69) is 24.5 Å². The summed E-state index contributed by atoms with van der Waals surface area (Å²) in [7, 11) is 0. The molecule has 0 bridgehead atoms. The smallest absolute Gasteiger partial charge is 0.251 e. The van der Waals surface area contributed by atoms with E-state index in [1.165, 1.54) is 25.7 Å². The van der Waals surface area contributed by atoms with Crippen LogP contribution in [0.4, 0.5) is 5.69 Å². The van der Waals surface area contributed by atoms with Crippen molar-refractivity contribution >= 4 is 11.6 Å². The summed E-state index contributed by atoms with van der Waals surface area (Å²) in [6, 6.07) is 7.69. The molecule has 1 aromatic carbocycles. The molecule has 1 aliphatic carbocycles. The molecule has 2 atom stereocenters. The Labute approximate surface area is 122 Å². The summed E-state index contributed by atoms with van der Waals surface area (Å²) < 4.78 is 0. The Hall–Kier alpha value is -1.51. The van der Waals surface area contributed by atoms with Gasteiger partial charge in [-0.05, 0) is 49.4 Å². The van der Waals surface area contributed by atoms with Crippen LogP contribution in [0.2, 0.25) is 0 Å². The average molecular weight is 274 g/mol. The molecule has 1 aliphatic rings. The third-order valence-electron chi connectivity index (χ3n) is 4.34. The molecule has 0 heterocycles. The standard InChI is InChI=1S/C17H26N2O/c1-3-18-16-10-8-14(9-11-16)17(20)19-12-15-7-5-4-6-13(15)2/h8-11,13,15,18H,3-7,12H2,1-2H3,(H,19,20). The van der Waals surface area contributed by atoms with Crippen molar-refractivity contribution in [2.24, 2.45) is 11.8 Å². The molecule has 1 fully saturated rings. The summed E-state index contributed by atoms with van der Waals surface area (Å²) in [6.45, 7) is 6.08. The number of hydrogen-bond acceptors (Lipinski definition) is 2. The zero-order valence-electron chi connectivity index (χ0n) is 12.6. The highest BCUT2D eigenvalue weighted by molar-refractivity contribution is 5.94. The van der Waals surface area contributed by atoms with Gasteiger partial charge in [0.1, 0.15) is 0 Å². The molecule has 1 aromatic rings. The molecule has 3 heteroatoms. The van der Waals surface area contributed by atoms with E-state index in [0.717, 1.165) is 30.3 Å². The largest absolute Gasteiger partial charge is 0.385 e. The first kappa shape index (κ1) is 14.9. The van der Waals surface area contributed by atoms with Crippen LogP contribution in [0.15, 0.2) is 24.3 Å². The fraction of sp³-hybridized carbons (Fsp3) is 0.588. The summed E-state index contributed by atoms with van der Waals surface area (Å²) in [5, 5.41) is 6.32. The number of anilines is 1. The van der Waals surface area contributed by atoms with Gasteiger partial charge in [0.2, 0.25) is 0 Å². The van der Waals surface area contributed by atoms with Crippen molar-refractivity contribution in [1.82, 2.24) is 5.32 Å². The molecule has 110 valence electrons. The van der Waals surface area contributed by atoms with Gasteiger partial charge in [-0.2, -0.15) is 0 Å². The predicted molar refractivity (Wildman–Crippen MR) is 84.1 cm³/mol. The Morgan fingerprint density at radius 2 is 1.90 bits per heavy atom. The lowest BCUT2D eigenvalue weighted by Gasteiger charge is -2.28. The van der Waals surface area contributed by atoms with Crippen LogP contribution in [0.1, 0.15) is 49.9 Å².